The zero-order chi connectivity index (χ0) is 11.8. The van der Waals surface area contributed by atoms with E-state index in [0.717, 1.165) is 21.5 Å². The number of fused-ring (bicyclic) bond motifs is 3. The van der Waals surface area contributed by atoms with Crippen LogP contribution in [-0.2, 0) is 0 Å². The average molecular weight is 220 g/mol. The van der Waals surface area contributed by atoms with Crippen molar-refractivity contribution in [3.63, 3.8) is 0 Å². The third kappa shape index (κ3) is 1.54. The van der Waals surface area contributed by atoms with Crippen LogP contribution < -0.4 is 5.73 Å². The highest BCUT2D eigenvalue weighted by molar-refractivity contribution is 6.09. The molecular formula is C15H10NO. The molecule has 0 heterocycles. The molecule has 2 nitrogen and oxygen atoms in total. The highest BCUT2D eigenvalue weighted by atomic mass is 16.1. The minimum absolute atomic E-state index is 0.439. The van der Waals surface area contributed by atoms with Crippen molar-refractivity contribution in [2.45, 2.75) is 0 Å². The lowest BCUT2D eigenvalue weighted by Gasteiger charge is -2.04. The summed E-state index contributed by atoms with van der Waals surface area (Å²) in [6.45, 7) is 0. The molecule has 17 heavy (non-hydrogen) atoms. The molecule has 0 unspecified atom stereocenters. The molecular weight excluding hydrogens is 210 g/mol. The van der Waals surface area contributed by atoms with E-state index in [-0.39, 0.29) is 0 Å². The lowest BCUT2D eigenvalue weighted by Crippen LogP contribution is -1.97. The van der Waals surface area contributed by atoms with Crippen molar-refractivity contribution >= 4 is 27.5 Å². The molecule has 0 aliphatic rings. The van der Waals surface area contributed by atoms with Crippen LogP contribution in [0.5, 0.6) is 0 Å². The van der Waals surface area contributed by atoms with Gasteiger partial charge in [-0.05, 0) is 33.7 Å². The Labute approximate surface area is 98.7 Å². The third-order valence-electron chi connectivity index (χ3n) is 3.01. The van der Waals surface area contributed by atoms with Gasteiger partial charge in [0.25, 0.3) is 5.91 Å². The summed E-state index contributed by atoms with van der Waals surface area (Å²) in [6, 6.07) is 17.6. The molecule has 0 atom stereocenters. The van der Waals surface area contributed by atoms with Gasteiger partial charge in [0, 0.05) is 5.56 Å². The molecule has 0 saturated carbocycles. The van der Waals surface area contributed by atoms with Gasteiger partial charge in [0.15, 0.2) is 0 Å². The SMILES string of the molecule is [NH]C(=O)c1ccc2ccc3ccccc3c2c1. The molecule has 0 aliphatic heterocycles. The molecule has 0 bridgehead atoms. The molecule has 3 rings (SSSR count). The fraction of sp³-hybridized carbons (Fsp3) is 0. The van der Waals surface area contributed by atoms with Crippen molar-refractivity contribution in [2.75, 3.05) is 0 Å². The van der Waals surface area contributed by atoms with Gasteiger partial charge in [0.1, 0.15) is 0 Å². The van der Waals surface area contributed by atoms with Crippen LogP contribution in [0.3, 0.4) is 0 Å². The lowest BCUT2D eigenvalue weighted by atomic mass is 10.00. The van der Waals surface area contributed by atoms with Crippen LogP contribution in [0.2, 0.25) is 0 Å². The van der Waals surface area contributed by atoms with Crippen LogP contribution in [0.25, 0.3) is 21.5 Å². The molecule has 0 fully saturated rings. The maximum Gasteiger partial charge on any atom is 0.269 e. The number of hydrogen-bond donors (Lipinski definition) is 0. The van der Waals surface area contributed by atoms with Crippen molar-refractivity contribution < 1.29 is 4.79 Å². The Hall–Kier alpha value is -2.35. The summed E-state index contributed by atoms with van der Waals surface area (Å²) in [5.41, 5.74) is 7.60. The van der Waals surface area contributed by atoms with E-state index in [9.17, 15) is 4.79 Å². The van der Waals surface area contributed by atoms with Crippen LogP contribution >= 0.6 is 0 Å². The highest BCUT2D eigenvalue weighted by Gasteiger charge is 2.04. The third-order valence-corrected chi connectivity index (χ3v) is 3.01. The van der Waals surface area contributed by atoms with Crippen LogP contribution in [0.4, 0.5) is 0 Å². The monoisotopic (exact) mass is 220 g/mol. The van der Waals surface area contributed by atoms with Crippen molar-refractivity contribution in [1.82, 2.24) is 5.73 Å². The largest absolute Gasteiger partial charge is 0.269 e. The summed E-state index contributed by atoms with van der Waals surface area (Å²) < 4.78 is 0. The second-order valence-corrected chi connectivity index (χ2v) is 4.05. The Bertz CT molecular complexity index is 731. The molecule has 0 aliphatic carbocycles. The smallest absolute Gasteiger partial charge is 0.267 e. The Morgan fingerprint density at radius 1 is 0.824 bits per heavy atom. The maximum absolute atomic E-state index is 11.1. The standard InChI is InChI=1S/C15H10NO/c16-15(17)12-8-7-11-6-5-10-3-1-2-4-13(10)14(11)9-12/h1-9,16H. The molecule has 81 valence electrons. The zero-order valence-corrected chi connectivity index (χ0v) is 9.10. The summed E-state index contributed by atoms with van der Waals surface area (Å²) >= 11 is 0. The first-order valence-electron chi connectivity index (χ1n) is 5.43. The summed E-state index contributed by atoms with van der Waals surface area (Å²) in [7, 11) is 0. The van der Waals surface area contributed by atoms with E-state index in [1.54, 1.807) is 12.1 Å². The first kappa shape index (κ1) is 9.85. The van der Waals surface area contributed by atoms with E-state index in [4.69, 9.17) is 5.73 Å². The van der Waals surface area contributed by atoms with Crippen LogP contribution in [0.15, 0.2) is 54.6 Å². The molecule has 3 aromatic rings. The van der Waals surface area contributed by atoms with E-state index in [2.05, 4.69) is 6.07 Å². The summed E-state index contributed by atoms with van der Waals surface area (Å²) in [4.78, 5) is 11.1. The van der Waals surface area contributed by atoms with Crippen LogP contribution in [-0.4, -0.2) is 5.91 Å². The molecule has 3 aromatic carbocycles. The Balaban J connectivity index is 2.46. The number of nitrogens with one attached hydrogen (secondary N) is 1. The van der Waals surface area contributed by atoms with E-state index >= 15 is 0 Å². The van der Waals surface area contributed by atoms with Gasteiger partial charge in [0.2, 0.25) is 0 Å². The number of amides is 1. The van der Waals surface area contributed by atoms with Gasteiger partial charge in [-0.3, -0.25) is 10.5 Å². The summed E-state index contributed by atoms with van der Waals surface area (Å²) in [5, 5.41) is 4.39. The summed E-state index contributed by atoms with van der Waals surface area (Å²) in [6.07, 6.45) is 0. The average Bonchev–Trinajstić information content (AvgIpc) is 2.38. The molecule has 0 spiro atoms. The van der Waals surface area contributed by atoms with Gasteiger partial charge >= 0.3 is 0 Å². The molecule has 0 aromatic heterocycles. The van der Waals surface area contributed by atoms with Gasteiger partial charge < -0.3 is 0 Å². The Morgan fingerprint density at radius 3 is 2.24 bits per heavy atom. The van der Waals surface area contributed by atoms with Crippen molar-refractivity contribution in [2.24, 2.45) is 0 Å². The quantitative estimate of drug-likeness (QED) is 0.579. The van der Waals surface area contributed by atoms with Crippen LogP contribution in [0.1, 0.15) is 10.4 Å². The van der Waals surface area contributed by atoms with Crippen molar-refractivity contribution in [3.8, 4) is 0 Å². The van der Waals surface area contributed by atoms with E-state index in [1.807, 2.05) is 36.4 Å². The van der Waals surface area contributed by atoms with Gasteiger partial charge in [-0.1, -0.05) is 42.5 Å². The first-order valence-corrected chi connectivity index (χ1v) is 5.43. The molecule has 1 N–H and O–H groups in total. The predicted octanol–water partition coefficient (Wildman–Crippen LogP) is 3.42. The number of benzene rings is 3. The van der Waals surface area contributed by atoms with E-state index in [1.165, 1.54) is 0 Å². The van der Waals surface area contributed by atoms with Gasteiger partial charge in [0.05, 0.1) is 0 Å². The van der Waals surface area contributed by atoms with Crippen molar-refractivity contribution in [1.29, 1.82) is 0 Å². The number of carbonyl (C=O) groups is 1. The van der Waals surface area contributed by atoms with Gasteiger partial charge in [-0.2, -0.15) is 0 Å². The fourth-order valence-corrected chi connectivity index (χ4v) is 2.14. The normalized spacial score (nSPS) is 10.8. The molecule has 1 amide bonds. The number of carbonyl (C=O) groups excluding carboxylic acids is 1. The Morgan fingerprint density at radius 2 is 1.47 bits per heavy atom. The number of hydrogen-bond acceptors (Lipinski definition) is 1. The van der Waals surface area contributed by atoms with E-state index in [0.29, 0.717) is 5.56 Å². The fourth-order valence-electron chi connectivity index (χ4n) is 2.14. The zero-order valence-electron chi connectivity index (χ0n) is 9.10. The predicted molar refractivity (Wildman–Crippen MR) is 68.9 cm³/mol. The van der Waals surface area contributed by atoms with Gasteiger partial charge in [-0.25, -0.2) is 0 Å². The summed E-state index contributed by atoms with van der Waals surface area (Å²) in [5.74, 6) is -0.639. The molecule has 1 radical (unpaired) electrons. The number of rotatable bonds is 1. The Kier molecular flexibility index (Phi) is 2.08. The molecule has 0 saturated heterocycles. The first-order chi connectivity index (χ1) is 8.25. The maximum atomic E-state index is 11.1. The molecule has 2 heteroatoms. The highest BCUT2D eigenvalue weighted by Crippen LogP contribution is 2.26. The second kappa shape index (κ2) is 3.59. The second-order valence-electron chi connectivity index (χ2n) is 4.05. The lowest BCUT2D eigenvalue weighted by molar-refractivity contribution is 0.0992. The minimum atomic E-state index is -0.639. The van der Waals surface area contributed by atoms with Crippen molar-refractivity contribution in [3.05, 3.63) is 60.2 Å². The topological polar surface area (TPSA) is 40.9 Å². The van der Waals surface area contributed by atoms with E-state index < -0.39 is 5.91 Å². The minimum Gasteiger partial charge on any atom is -0.267 e. The van der Waals surface area contributed by atoms with Gasteiger partial charge in [-0.15, -0.1) is 0 Å². The van der Waals surface area contributed by atoms with Crippen LogP contribution in [0, 0.1) is 0 Å².